The predicted octanol–water partition coefficient (Wildman–Crippen LogP) is 0.950. The Hall–Kier alpha value is -0.750. The van der Waals surface area contributed by atoms with Gasteiger partial charge in [-0.05, 0) is 27.7 Å². The highest BCUT2D eigenvalue weighted by molar-refractivity contribution is 8.00. The van der Waals surface area contributed by atoms with Crippen molar-refractivity contribution >= 4 is 23.7 Å². The third-order valence-corrected chi connectivity index (χ3v) is 2.57. The molecule has 0 aromatic heterocycles. The van der Waals surface area contributed by atoms with Crippen molar-refractivity contribution in [3.63, 3.8) is 0 Å². The lowest BCUT2D eigenvalue weighted by atomic mass is 10.3. The Morgan fingerprint density at radius 3 is 2.12 bits per heavy atom. The fourth-order valence-electron chi connectivity index (χ4n) is 0.954. The zero-order valence-corrected chi connectivity index (χ0v) is 11.6. The molecule has 0 radical (unpaired) electrons. The molecular weight excluding hydrogens is 242 g/mol. The molecule has 0 heterocycles. The van der Waals surface area contributed by atoms with Crippen LogP contribution in [0.4, 0.5) is 0 Å². The van der Waals surface area contributed by atoms with Gasteiger partial charge in [-0.2, -0.15) is 0 Å². The Morgan fingerprint density at radius 1 is 1.12 bits per heavy atom. The molecule has 0 aromatic rings. The van der Waals surface area contributed by atoms with Crippen LogP contribution in [0.1, 0.15) is 27.7 Å². The standard InChI is InChI=1S/C11H21NO4S/c1-7(2)15-10(13)6-17-5-9(12)11(14)16-8(3)4/h7-9H,5-6,12H2,1-4H3/t9-/m0/s1. The average molecular weight is 263 g/mol. The van der Waals surface area contributed by atoms with Crippen LogP contribution < -0.4 is 5.73 Å². The molecule has 0 spiro atoms. The molecule has 17 heavy (non-hydrogen) atoms. The summed E-state index contributed by atoms with van der Waals surface area (Å²) < 4.78 is 9.88. The molecule has 0 saturated heterocycles. The SMILES string of the molecule is CC(C)OC(=O)CSC[C@H](N)C(=O)OC(C)C. The summed E-state index contributed by atoms with van der Waals surface area (Å²) in [6.07, 6.45) is -0.299. The van der Waals surface area contributed by atoms with Gasteiger partial charge in [0, 0.05) is 5.75 Å². The minimum Gasteiger partial charge on any atom is -0.462 e. The quantitative estimate of drug-likeness (QED) is 0.689. The van der Waals surface area contributed by atoms with Crippen LogP contribution in [0.15, 0.2) is 0 Å². The predicted molar refractivity (Wildman–Crippen MR) is 67.8 cm³/mol. The summed E-state index contributed by atoms with van der Waals surface area (Å²) in [5, 5.41) is 0. The molecule has 0 rings (SSSR count). The van der Waals surface area contributed by atoms with Crippen LogP contribution in [0.25, 0.3) is 0 Å². The molecule has 0 aliphatic rings. The van der Waals surface area contributed by atoms with E-state index in [9.17, 15) is 9.59 Å². The summed E-state index contributed by atoms with van der Waals surface area (Å²) >= 11 is 1.27. The Morgan fingerprint density at radius 2 is 1.65 bits per heavy atom. The van der Waals surface area contributed by atoms with Crippen molar-refractivity contribution in [2.24, 2.45) is 5.73 Å². The van der Waals surface area contributed by atoms with Crippen LogP contribution in [0.2, 0.25) is 0 Å². The molecular formula is C11H21NO4S. The maximum atomic E-state index is 11.3. The number of carbonyl (C=O) groups is 2. The molecule has 0 aliphatic carbocycles. The first-order valence-electron chi connectivity index (χ1n) is 5.56. The number of ether oxygens (including phenoxy) is 2. The Labute approximate surface area is 106 Å². The van der Waals surface area contributed by atoms with E-state index in [1.807, 2.05) is 0 Å². The normalized spacial score (nSPS) is 12.6. The fourth-order valence-corrected chi connectivity index (χ4v) is 1.70. The second kappa shape index (κ2) is 8.36. The third kappa shape index (κ3) is 9.00. The van der Waals surface area contributed by atoms with Gasteiger partial charge in [0.25, 0.3) is 0 Å². The van der Waals surface area contributed by atoms with Crippen molar-refractivity contribution in [3.8, 4) is 0 Å². The number of carbonyl (C=O) groups excluding carboxylic acids is 2. The molecule has 2 N–H and O–H groups in total. The van der Waals surface area contributed by atoms with Gasteiger partial charge in [0.05, 0.1) is 18.0 Å². The van der Waals surface area contributed by atoms with Gasteiger partial charge in [-0.3, -0.25) is 9.59 Å². The first-order valence-corrected chi connectivity index (χ1v) is 6.71. The van der Waals surface area contributed by atoms with Gasteiger partial charge in [-0.1, -0.05) is 0 Å². The van der Waals surface area contributed by atoms with Gasteiger partial charge in [0.2, 0.25) is 0 Å². The maximum Gasteiger partial charge on any atom is 0.324 e. The summed E-state index contributed by atoms with van der Waals surface area (Å²) in [4.78, 5) is 22.5. The van der Waals surface area contributed by atoms with Crippen molar-refractivity contribution in [2.45, 2.75) is 45.9 Å². The van der Waals surface area contributed by atoms with Crippen LogP contribution in [-0.2, 0) is 19.1 Å². The van der Waals surface area contributed by atoms with E-state index in [1.54, 1.807) is 27.7 Å². The van der Waals surface area contributed by atoms with E-state index in [2.05, 4.69) is 0 Å². The second-order valence-electron chi connectivity index (χ2n) is 4.15. The van der Waals surface area contributed by atoms with Gasteiger partial charge in [0.15, 0.2) is 0 Å². The Kier molecular flexibility index (Phi) is 7.99. The summed E-state index contributed by atoms with van der Waals surface area (Å²) in [5.41, 5.74) is 5.61. The largest absolute Gasteiger partial charge is 0.462 e. The lowest BCUT2D eigenvalue weighted by molar-refractivity contribution is -0.148. The van der Waals surface area contributed by atoms with Gasteiger partial charge in [-0.15, -0.1) is 11.8 Å². The summed E-state index contributed by atoms with van der Waals surface area (Å²) in [7, 11) is 0. The van der Waals surface area contributed by atoms with Crippen molar-refractivity contribution in [2.75, 3.05) is 11.5 Å². The average Bonchev–Trinajstić information content (AvgIpc) is 2.14. The molecule has 0 aromatic carbocycles. The van der Waals surface area contributed by atoms with E-state index >= 15 is 0 Å². The van der Waals surface area contributed by atoms with Gasteiger partial charge >= 0.3 is 11.9 Å². The number of thioether (sulfide) groups is 1. The van der Waals surface area contributed by atoms with E-state index < -0.39 is 12.0 Å². The second-order valence-corrected chi connectivity index (χ2v) is 5.18. The Bertz CT molecular complexity index is 256. The first kappa shape index (κ1) is 16.2. The number of hydrogen-bond donors (Lipinski definition) is 1. The van der Waals surface area contributed by atoms with Crippen LogP contribution in [-0.4, -0.2) is 41.7 Å². The minimum atomic E-state index is -0.700. The van der Waals surface area contributed by atoms with Crippen molar-refractivity contribution in [1.29, 1.82) is 0 Å². The van der Waals surface area contributed by atoms with Crippen LogP contribution >= 0.6 is 11.8 Å². The van der Waals surface area contributed by atoms with Gasteiger partial charge in [-0.25, -0.2) is 0 Å². The van der Waals surface area contributed by atoms with E-state index in [1.165, 1.54) is 11.8 Å². The van der Waals surface area contributed by atoms with Crippen LogP contribution in [0, 0.1) is 0 Å². The molecule has 6 heteroatoms. The smallest absolute Gasteiger partial charge is 0.324 e. The summed E-state index contributed by atoms with van der Waals surface area (Å²) in [6, 6.07) is -0.700. The maximum absolute atomic E-state index is 11.3. The topological polar surface area (TPSA) is 78.6 Å². The molecule has 5 nitrogen and oxygen atoms in total. The molecule has 0 bridgehead atoms. The van der Waals surface area contributed by atoms with E-state index in [0.717, 1.165) is 0 Å². The fraction of sp³-hybridized carbons (Fsp3) is 0.818. The molecule has 0 amide bonds. The van der Waals surface area contributed by atoms with Crippen LogP contribution in [0.5, 0.6) is 0 Å². The molecule has 1 atom stereocenters. The highest BCUT2D eigenvalue weighted by Crippen LogP contribution is 2.05. The van der Waals surface area contributed by atoms with Gasteiger partial charge < -0.3 is 15.2 Å². The van der Waals surface area contributed by atoms with Crippen LogP contribution in [0.3, 0.4) is 0 Å². The van der Waals surface area contributed by atoms with Crippen molar-refractivity contribution in [3.05, 3.63) is 0 Å². The third-order valence-electron chi connectivity index (χ3n) is 1.54. The number of rotatable bonds is 7. The molecule has 100 valence electrons. The highest BCUT2D eigenvalue weighted by Gasteiger charge is 2.17. The number of nitrogens with two attached hydrogens (primary N) is 1. The number of hydrogen-bond acceptors (Lipinski definition) is 6. The van der Waals surface area contributed by atoms with E-state index in [0.29, 0.717) is 5.75 Å². The molecule has 0 fully saturated rings. The lowest BCUT2D eigenvalue weighted by Crippen LogP contribution is -2.36. The van der Waals surface area contributed by atoms with E-state index in [-0.39, 0.29) is 23.9 Å². The zero-order valence-electron chi connectivity index (χ0n) is 10.8. The first-order chi connectivity index (χ1) is 7.82. The van der Waals surface area contributed by atoms with Crippen molar-refractivity contribution in [1.82, 2.24) is 0 Å². The monoisotopic (exact) mass is 263 g/mol. The minimum absolute atomic E-state index is 0.123. The van der Waals surface area contributed by atoms with Gasteiger partial charge in [0.1, 0.15) is 6.04 Å². The molecule has 0 aliphatic heterocycles. The highest BCUT2D eigenvalue weighted by atomic mass is 32.2. The summed E-state index contributed by atoms with van der Waals surface area (Å²) in [5.74, 6) is -0.196. The molecule has 0 saturated carbocycles. The summed E-state index contributed by atoms with van der Waals surface area (Å²) in [6.45, 7) is 7.10. The Balaban J connectivity index is 3.74. The zero-order chi connectivity index (χ0) is 13.4. The number of esters is 2. The van der Waals surface area contributed by atoms with Crippen molar-refractivity contribution < 1.29 is 19.1 Å². The molecule has 0 unspecified atom stereocenters. The lowest BCUT2D eigenvalue weighted by Gasteiger charge is -2.13. The van der Waals surface area contributed by atoms with E-state index in [4.69, 9.17) is 15.2 Å².